The number of hydrogen-bond acceptors (Lipinski definition) is 5. The van der Waals surface area contributed by atoms with Crippen LogP contribution in [-0.4, -0.2) is 32.3 Å². The number of hydrogen-bond donors (Lipinski definition) is 2. The number of carbonyl (C=O) groups excluding carboxylic acids is 2. The van der Waals surface area contributed by atoms with Gasteiger partial charge in [0.15, 0.2) is 0 Å². The van der Waals surface area contributed by atoms with Crippen LogP contribution in [0.5, 0.6) is 0 Å². The number of carbonyl (C=O) groups is 2. The van der Waals surface area contributed by atoms with E-state index >= 15 is 0 Å². The molecule has 0 saturated heterocycles. The number of nitrogens with two attached hydrogens (primary N) is 1. The molecule has 6 nitrogen and oxygen atoms in total. The average molecular weight is 202 g/mol. The van der Waals surface area contributed by atoms with Gasteiger partial charge in [0.05, 0.1) is 12.3 Å². The average Bonchev–Trinajstić information content (AvgIpc) is 2.14. The van der Waals surface area contributed by atoms with Crippen LogP contribution in [0.2, 0.25) is 0 Å². The van der Waals surface area contributed by atoms with Crippen LogP contribution in [0.3, 0.4) is 0 Å². The Kier molecular flexibility index (Phi) is 5.93. The van der Waals surface area contributed by atoms with E-state index in [4.69, 9.17) is 5.73 Å². The summed E-state index contributed by atoms with van der Waals surface area (Å²) in [7, 11) is 1.42. The lowest BCUT2D eigenvalue weighted by molar-refractivity contribution is -0.137. The predicted molar refractivity (Wildman–Crippen MR) is 49.3 cm³/mol. The van der Waals surface area contributed by atoms with E-state index in [1.165, 1.54) is 7.05 Å². The van der Waals surface area contributed by atoms with E-state index in [1.54, 1.807) is 6.92 Å². The highest BCUT2D eigenvalue weighted by Crippen LogP contribution is 1.89. The summed E-state index contributed by atoms with van der Waals surface area (Å²) in [6.07, 6.45) is 0.470. The number of alkyl carbamates (subject to hydrolysis) is 1. The monoisotopic (exact) mass is 202 g/mol. The maximum absolute atomic E-state index is 10.8. The van der Waals surface area contributed by atoms with E-state index in [-0.39, 0.29) is 18.9 Å². The molecule has 0 aliphatic heterocycles. The number of nitrogens with one attached hydrogen (secondary N) is 1. The zero-order valence-corrected chi connectivity index (χ0v) is 8.20. The van der Waals surface area contributed by atoms with Crippen molar-refractivity contribution in [3.8, 4) is 0 Å². The number of rotatable bonds is 4. The van der Waals surface area contributed by atoms with Crippen LogP contribution in [0.1, 0.15) is 6.92 Å². The molecule has 0 unspecified atom stereocenters. The summed E-state index contributed by atoms with van der Waals surface area (Å²) in [6.45, 7) is 1.82. The van der Waals surface area contributed by atoms with Crippen molar-refractivity contribution in [2.45, 2.75) is 6.92 Å². The molecule has 0 aliphatic carbocycles. The molecule has 0 rings (SSSR count). The molecular weight excluding hydrogens is 188 g/mol. The molecule has 0 aromatic rings. The zero-order valence-electron chi connectivity index (χ0n) is 8.20. The van der Waals surface area contributed by atoms with E-state index in [2.05, 4.69) is 14.8 Å². The first-order chi connectivity index (χ1) is 6.60. The quantitative estimate of drug-likeness (QED) is 0.484. The lowest BCUT2D eigenvalue weighted by Gasteiger charge is -2.03. The molecular formula is C8H14N2O4. The lowest BCUT2D eigenvalue weighted by atomic mass is 10.4. The van der Waals surface area contributed by atoms with Gasteiger partial charge >= 0.3 is 12.1 Å². The van der Waals surface area contributed by atoms with Crippen molar-refractivity contribution < 1.29 is 19.1 Å². The fourth-order valence-corrected chi connectivity index (χ4v) is 0.598. The Morgan fingerprint density at radius 2 is 2.07 bits per heavy atom. The minimum Gasteiger partial charge on any atom is -0.463 e. The zero-order chi connectivity index (χ0) is 11.0. The van der Waals surface area contributed by atoms with E-state index in [0.717, 1.165) is 6.08 Å². The molecule has 0 bridgehead atoms. The second-order valence-electron chi connectivity index (χ2n) is 2.30. The highest BCUT2D eigenvalue weighted by Gasteiger charge is 2.01. The molecule has 0 spiro atoms. The third-order valence-electron chi connectivity index (χ3n) is 1.16. The van der Waals surface area contributed by atoms with Crippen molar-refractivity contribution in [1.82, 2.24) is 5.32 Å². The van der Waals surface area contributed by atoms with E-state index in [1.807, 2.05) is 0 Å². The molecule has 0 atom stereocenters. The largest absolute Gasteiger partial charge is 0.463 e. The highest BCUT2D eigenvalue weighted by molar-refractivity contribution is 5.82. The van der Waals surface area contributed by atoms with Crippen molar-refractivity contribution in [1.29, 1.82) is 0 Å². The normalized spacial score (nSPS) is 10.6. The Morgan fingerprint density at radius 1 is 1.43 bits per heavy atom. The standard InChI is InChI=1S/C8H14N2O4/c1-3-13-7(11)4-6(9)5-14-8(12)10-2/h4H,3,5,9H2,1-2H3,(H,10,12)/b6-4+. The summed E-state index contributed by atoms with van der Waals surface area (Å²) in [4.78, 5) is 21.4. The molecule has 3 N–H and O–H groups in total. The number of esters is 1. The van der Waals surface area contributed by atoms with Crippen molar-refractivity contribution in [3.63, 3.8) is 0 Å². The van der Waals surface area contributed by atoms with Gasteiger partial charge in [0.2, 0.25) is 0 Å². The van der Waals surface area contributed by atoms with Gasteiger partial charge < -0.3 is 20.5 Å². The van der Waals surface area contributed by atoms with E-state index in [0.29, 0.717) is 0 Å². The van der Waals surface area contributed by atoms with Gasteiger partial charge in [0.25, 0.3) is 0 Å². The Morgan fingerprint density at radius 3 is 2.57 bits per heavy atom. The van der Waals surface area contributed by atoms with Gasteiger partial charge in [-0.3, -0.25) is 0 Å². The fraction of sp³-hybridized carbons (Fsp3) is 0.500. The van der Waals surface area contributed by atoms with E-state index in [9.17, 15) is 9.59 Å². The molecule has 80 valence electrons. The first-order valence-electron chi connectivity index (χ1n) is 4.07. The molecule has 0 radical (unpaired) electrons. The second-order valence-corrected chi connectivity index (χ2v) is 2.30. The summed E-state index contributed by atoms with van der Waals surface area (Å²) < 4.78 is 9.18. The first-order valence-corrected chi connectivity index (χ1v) is 4.07. The number of ether oxygens (including phenoxy) is 2. The molecule has 0 aromatic carbocycles. The SMILES string of the molecule is CCOC(=O)/C=C(/N)COC(=O)NC. The maximum atomic E-state index is 10.8. The van der Waals surface area contributed by atoms with Crippen LogP contribution in [0.25, 0.3) is 0 Å². The molecule has 0 aliphatic rings. The molecule has 0 fully saturated rings. The Labute approximate surface area is 82.0 Å². The van der Waals surface area contributed by atoms with Crippen LogP contribution in [0, 0.1) is 0 Å². The molecule has 6 heteroatoms. The molecule has 0 heterocycles. The Hall–Kier alpha value is -1.72. The topological polar surface area (TPSA) is 90.7 Å². The van der Waals surface area contributed by atoms with Gasteiger partial charge in [0.1, 0.15) is 6.61 Å². The summed E-state index contributed by atoms with van der Waals surface area (Å²) in [6, 6.07) is 0. The molecule has 1 amide bonds. The minimum absolute atomic E-state index is 0.132. The predicted octanol–water partition coefficient (Wildman–Crippen LogP) is -0.252. The number of amides is 1. The minimum atomic E-state index is -0.606. The van der Waals surface area contributed by atoms with Gasteiger partial charge in [-0.1, -0.05) is 0 Å². The van der Waals surface area contributed by atoms with Gasteiger partial charge in [-0.15, -0.1) is 0 Å². The van der Waals surface area contributed by atoms with Gasteiger partial charge in [-0.05, 0) is 6.92 Å². The Bertz CT molecular complexity index is 237. The maximum Gasteiger partial charge on any atom is 0.407 e. The Balaban J connectivity index is 3.88. The summed E-state index contributed by atoms with van der Waals surface area (Å²) in [5.74, 6) is -0.550. The van der Waals surface area contributed by atoms with Crippen molar-refractivity contribution in [2.75, 3.05) is 20.3 Å². The van der Waals surface area contributed by atoms with Crippen LogP contribution < -0.4 is 11.1 Å². The molecule has 0 aromatic heterocycles. The van der Waals surface area contributed by atoms with Crippen LogP contribution in [0.4, 0.5) is 4.79 Å². The smallest absolute Gasteiger partial charge is 0.407 e. The lowest BCUT2D eigenvalue weighted by Crippen LogP contribution is -2.22. The van der Waals surface area contributed by atoms with Crippen LogP contribution in [-0.2, 0) is 14.3 Å². The first kappa shape index (κ1) is 12.3. The third-order valence-corrected chi connectivity index (χ3v) is 1.16. The summed E-state index contributed by atoms with van der Waals surface area (Å²) in [5.41, 5.74) is 5.49. The van der Waals surface area contributed by atoms with Crippen molar-refractivity contribution >= 4 is 12.1 Å². The molecule has 14 heavy (non-hydrogen) atoms. The summed E-state index contributed by atoms with van der Waals surface area (Å²) in [5, 5.41) is 2.24. The highest BCUT2D eigenvalue weighted by atomic mass is 16.5. The summed E-state index contributed by atoms with van der Waals surface area (Å²) >= 11 is 0. The van der Waals surface area contributed by atoms with Gasteiger partial charge in [0, 0.05) is 13.1 Å². The van der Waals surface area contributed by atoms with Gasteiger partial charge in [-0.25, -0.2) is 9.59 Å². The van der Waals surface area contributed by atoms with Crippen molar-refractivity contribution in [3.05, 3.63) is 11.8 Å². The van der Waals surface area contributed by atoms with Crippen LogP contribution in [0.15, 0.2) is 11.8 Å². The van der Waals surface area contributed by atoms with E-state index < -0.39 is 12.1 Å². The van der Waals surface area contributed by atoms with Crippen molar-refractivity contribution in [2.24, 2.45) is 5.73 Å². The second kappa shape index (κ2) is 6.76. The third kappa shape index (κ3) is 5.87. The van der Waals surface area contributed by atoms with Gasteiger partial charge in [-0.2, -0.15) is 0 Å². The van der Waals surface area contributed by atoms with Crippen LogP contribution >= 0.6 is 0 Å². The fourth-order valence-electron chi connectivity index (χ4n) is 0.598. The molecule has 0 saturated carbocycles.